The maximum Gasteiger partial charge on any atom is 0.306 e. The number of hydrogen-bond donors (Lipinski definition) is 2. The zero-order valence-electron chi connectivity index (χ0n) is 18.9. The van der Waals surface area contributed by atoms with E-state index in [1.54, 1.807) is 18.2 Å². The summed E-state index contributed by atoms with van der Waals surface area (Å²) in [7, 11) is 0. The third-order valence-corrected chi connectivity index (χ3v) is 7.24. The van der Waals surface area contributed by atoms with Crippen molar-refractivity contribution in [2.75, 3.05) is 6.54 Å². The number of hydrogen-bond acceptors (Lipinski definition) is 5. The number of halogens is 2. The maximum absolute atomic E-state index is 14.5. The van der Waals surface area contributed by atoms with Crippen LogP contribution in [0.15, 0.2) is 42.5 Å². The molecule has 0 saturated heterocycles. The Morgan fingerprint density at radius 3 is 2.51 bits per heavy atom. The van der Waals surface area contributed by atoms with Gasteiger partial charge in [0.15, 0.2) is 5.78 Å². The van der Waals surface area contributed by atoms with Crippen molar-refractivity contribution in [2.24, 2.45) is 5.92 Å². The minimum absolute atomic E-state index is 0.0372. The first-order valence-corrected chi connectivity index (χ1v) is 12.3. The molecule has 1 amide bonds. The predicted molar refractivity (Wildman–Crippen MR) is 128 cm³/mol. The summed E-state index contributed by atoms with van der Waals surface area (Å²) >= 11 is 1.19. The maximum atomic E-state index is 14.5. The first-order valence-electron chi connectivity index (χ1n) is 11.5. The quantitative estimate of drug-likeness (QED) is 0.294. The van der Waals surface area contributed by atoms with Gasteiger partial charge in [0.25, 0.3) is 5.91 Å². The second-order valence-electron chi connectivity index (χ2n) is 8.65. The summed E-state index contributed by atoms with van der Waals surface area (Å²) in [6, 6.07) is 10.2. The molecule has 0 radical (unpaired) electrons. The van der Waals surface area contributed by atoms with Crippen LogP contribution in [-0.2, 0) is 4.79 Å². The minimum atomic E-state index is -0.798. The number of carbonyl (C=O) groups excluding carboxylic acids is 2. The van der Waals surface area contributed by atoms with Gasteiger partial charge in [-0.3, -0.25) is 14.4 Å². The molecule has 1 aromatic heterocycles. The number of benzene rings is 2. The van der Waals surface area contributed by atoms with Gasteiger partial charge < -0.3 is 15.2 Å². The molecule has 184 valence electrons. The van der Waals surface area contributed by atoms with E-state index in [0.717, 1.165) is 5.39 Å². The zero-order valence-corrected chi connectivity index (χ0v) is 19.7. The first kappa shape index (κ1) is 24.8. The molecule has 3 aromatic rings. The van der Waals surface area contributed by atoms with Crippen molar-refractivity contribution in [2.45, 2.75) is 44.6 Å². The minimum Gasteiger partial charge on any atom is -0.490 e. The van der Waals surface area contributed by atoms with Crippen LogP contribution in [-0.4, -0.2) is 35.4 Å². The van der Waals surface area contributed by atoms with Gasteiger partial charge in [-0.05, 0) is 67.8 Å². The lowest BCUT2D eigenvalue weighted by Crippen LogP contribution is -2.27. The Labute approximate surface area is 204 Å². The largest absolute Gasteiger partial charge is 0.490 e. The molecule has 2 N–H and O–H groups in total. The van der Waals surface area contributed by atoms with Gasteiger partial charge in [0.05, 0.1) is 22.5 Å². The van der Waals surface area contributed by atoms with E-state index in [0.29, 0.717) is 47.4 Å². The molecule has 6 nitrogen and oxygen atoms in total. The number of carboxylic acids is 1. The smallest absolute Gasteiger partial charge is 0.306 e. The summed E-state index contributed by atoms with van der Waals surface area (Å²) in [5, 5.41) is 12.6. The van der Waals surface area contributed by atoms with Gasteiger partial charge in [-0.15, -0.1) is 11.3 Å². The van der Waals surface area contributed by atoms with E-state index in [4.69, 9.17) is 9.84 Å². The van der Waals surface area contributed by atoms with Crippen LogP contribution in [0.1, 0.15) is 58.6 Å². The topological polar surface area (TPSA) is 92.7 Å². The molecule has 2 aromatic carbocycles. The summed E-state index contributed by atoms with van der Waals surface area (Å²) in [5.74, 6) is -2.55. The van der Waals surface area contributed by atoms with E-state index in [2.05, 4.69) is 5.32 Å². The van der Waals surface area contributed by atoms with Gasteiger partial charge in [0, 0.05) is 23.7 Å². The highest BCUT2D eigenvalue weighted by Crippen LogP contribution is 2.29. The number of amides is 1. The van der Waals surface area contributed by atoms with Crippen molar-refractivity contribution in [3.63, 3.8) is 0 Å². The number of carbonyl (C=O) groups is 3. The fourth-order valence-electron chi connectivity index (χ4n) is 4.20. The molecule has 0 aliphatic heterocycles. The van der Waals surface area contributed by atoms with Crippen LogP contribution in [0.3, 0.4) is 0 Å². The monoisotopic (exact) mass is 501 g/mol. The molecule has 1 fully saturated rings. The van der Waals surface area contributed by atoms with Crippen LogP contribution in [0.4, 0.5) is 8.78 Å². The number of carboxylic acid groups (broad SMARTS) is 1. The van der Waals surface area contributed by atoms with Crippen LogP contribution >= 0.6 is 11.3 Å². The van der Waals surface area contributed by atoms with Gasteiger partial charge >= 0.3 is 5.97 Å². The first-order chi connectivity index (χ1) is 16.8. The van der Waals surface area contributed by atoms with E-state index in [-0.39, 0.29) is 48.1 Å². The molecular weight excluding hydrogens is 476 g/mol. The van der Waals surface area contributed by atoms with Crippen molar-refractivity contribution in [1.82, 2.24) is 5.32 Å². The number of Topliss-reactive ketones (excluding diaryl/α,β-unsaturated/α-hetero) is 1. The average Bonchev–Trinajstić information content (AvgIpc) is 3.25. The van der Waals surface area contributed by atoms with Gasteiger partial charge in [-0.2, -0.15) is 0 Å². The van der Waals surface area contributed by atoms with E-state index >= 15 is 0 Å². The van der Waals surface area contributed by atoms with E-state index in [1.807, 2.05) is 0 Å². The molecular formula is C26H25F2NO5S. The number of ether oxygens (including phenoxy) is 1. The van der Waals surface area contributed by atoms with Crippen molar-refractivity contribution >= 4 is 39.1 Å². The fraction of sp³-hybridized carbons (Fsp3) is 0.346. The number of fused-ring (bicyclic) bond motifs is 1. The number of ketones is 1. The highest BCUT2D eigenvalue weighted by atomic mass is 32.1. The second-order valence-corrected chi connectivity index (χ2v) is 9.73. The molecule has 0 spiro atoms. The van der Waals surface area contributed by atoms with Gasteiger partial charge in [-0.1, -0.05) is 6.07 Å². The van der Waals surface area contributed by atoms with Crippen LogP contribution in [0.5, 0.6) is 5.75 Å². The molecule has 9 heteroatoms. The molecule has 0 atom stereocenters. The molecule has 35 heavy (non-hydrogen) atoms. The summed E-state index contributed by atoms with van der Waals surface area (Å²) < 4.78 is 34.3. The Morgan fingerprint density at radius 1 is 1.03 bits per heavy atom. The van der Waals surface area contributed by atoms with E-state index in [1.165, 1.54) is 35.6 Å². The van der Waals surface area contributed by atoms with Crippen molar-refractivity contribution in [3.8, 4) is 5.75 Å². The SMILES string of the molecule is O=C(NCCCC(=O)c1ccc(OC2CCC(C(=O)O)CC2)cc1F)c1cc2ccc(F)cc2s1. The average molecular weight is 502 g/mol. The summed E-state index contributed by atoms with van der Waals surface area (Å²) in [6.07, 6.45) is 2.46. The highest BCUT2D eigenvalue weighted by Gasteiger charge is 2.27. The molecule has 1 saturated carbocycles. The molecule has 1 aliphatic carbocycles. The highest BCUT2D eigenvalue weighted by molar-refractivity contribution is 7.20. The lowest BCUT2D eigenvalue weighted by Gasteiger charge is -2.26. The van der Waals surface area contributed by atoms with E-state index < -0.39 is 11.8 Å². The Morgan fingerprint density at radius 2 is 1.80 bits per heavy atom. The lowest BCUT2D eigenvalue weighted by atomic mass is 9.87. The van der Waals surface area contributed by atoms with Gasteiger partial charge in [-0.25, -0.2) is 8.78 Å². The van der Waals surface area contributed by atoms with Crippen molar-refractivity contribution in [1.29, 1.82) is 0 Å². The molecule has 0 bridgehead atoms. The normalized spacial score (nSPS) is 17.8. The number of nitrogens with one attached hydrogen (secondary N) is 1. The Hall–Kier alpha value is -3.33. The third-order valence-electron chi connectivity index (χ3n) is 6.14. The standard InChI is InChI=1S/C26H25F2NO5S/c27-17-6-3-16-12-24(35-23(16)13-17)25(31)29-11-1-2-22(30)20-10-9-19(14-21(20)28)34-18-7-4-15(5-8-18)26(32)33/h3,6,9-10,12-15,18H,1-2,4-5,7-8,11H2,(H,29,31)(H,32,33). The Kier molecular flexibility index (Phi) is 7.75. The van der Waals surface area contributed by atoms with Crippen LogP contribution in [0.25, 0.3) is 10.1 Å². The molecule has 0 unspecified atom stereocenters. The van der Waals surface area contributed by atoms with Crippen LogP contribution in [0.2, 0.25) is 0 Å². The van der Waals surface area contributed by atoms with Gasteiger partial charge in [0.2, 0.25) is 0 Å². The second kappa shape index (κ2) is 10.9. The van der Waals surface area contributed by atoms with Crippen LogP contribution < -0.4 is 10.1 Å². The Bertz CT molecular complexity index is 1250. The number of rotatable bonds is 9. The summed E-state index contributed by atoms with van der Waals surface area (Å²) in [4.78, 5) is 36.3. The fourth-order valence-corrected chi connectivity index (χ4v) is 5.21. The lowest BCUT2D eigenvalue weighted by molar-refractivity contribution is -0.143. The van der Waals surface area contributed by atoms with Crippen molar-refractivity contribution in [3.05, 3.63) is 64.5 Å². The molecule has 4 rings (SSSR count). The third kappa shape index (κ3) is 6.22. The predicted octanol–water partition coefficient (Wildman–Crippen LogP) is 5.59. The number of aliphatic carboxylic acids is 1. The van der Waals surface area contributed by atoms with E-state index in [9.17, 15) is 23.2 Å². The molecule has 1 heterocycles. The van der Waals surface area contributed by atoms with Crippen molar-refractivity contribution < 1.29 is 33.0 Å². The van der Waals surface area contributed by atoms with Gasteiger partial charge in [0.1, 0.15) is 17.4 Å². The molecule has 1 aliphatic rings. The number of thiophene rings is 1. The summed E-state index contributed by atoms with van der Waals surface area (Å²) in [5.41, 5.74) is -0.0372. The zero-order chi connectivity index (χ0) is 24.9. The Balaban J connectivity index is 1.23. The van der Waals surface area contributed by atoms with Crippen LogP contribution in [0, 0.1) is 17.6 Å². The summed E-state index contributed by atoms with van der Waals surface area (Å²) in [6.45, 7) is 0.245.